The molecule has 0 bridgehead atoms. The maximum absolute atomic E-state index is 6.38. The van der Waals surface area contributed by atoms with Gasteiger partial charge >= 0.3 is 0 Å². The van der Waals surface area contributed by atoms with Crippen LogP contribution in [0.3, 0.4) is 0 Å². The highest BCUT2D eigenvalue weighted by Gasteiger charge is 2.19. The van der Waals surface area contributed by atoms with E-state index < -0.39 is 0 Å². The van der Waals surface area contributed by atoms with E-state index in [0.29, 0.717) is 0 Å². The number of hydrogen-bond acceptors (Lipinski definition) is 3. The maximum atomic E-state index is 6.38. The molecule has 0 fully saturated rings. The molecule has 0 aliphatic heterocycles. The summed E-state index contributed by atoms with van der Waals surface area (Å²) in [4.78, 5) is 4.66. The van der Waals surface area contributed by atoms with Crippen molar-refractivity contribution in [3.8, 4) is 0 Å². The molecule has 0 saturated carbocycles. The molecule has 2 N–H and O–H groups in total. The second kappa shape index (κ2) is 5.34. The van der Waals surface area contributed by atoms with Crippen molar-refractivity contribution in [2.24, 2.45) is 5.73 Å². The van der Waals surface area contributed by atoms with Crippen molar-refractivity contribution >= 4 is 26.8 Å². The van der Waals surface area contributed by atoms with E-state index in [1.807, 2.05) is 41.9 Å². The predicted molar refractivity (Wildman–Crippen MR) is 83.4 cm³/mol. The summed E-state index contributed by atoms with van der Waals surface area (Å²) in [5, 5.41) is 5.42. The normalized spacial score (nSPS) is 12.8. The zero-order valence-corrected chi connectivity index (χ0v) is 12.7. The van der Waals surface area contributed by atoms with E-state index in [4.69, 9.17) is 5.73 Å². The third kappa shape index (κ3) is 2.23. The highest BCUT2D eigenvalue weighted by atomic mass is 79.9. The van der Waals surface area contributed by atoms with Gasteiger partial charge in [0, 0.05) is 11.9 Å². The number of aromatic nitrogens is 3. The molecule has 20 heavy (non-hydrogen) atoms. The molecule has 0 spiro atoms. The second-order valence-electron chi connectivity index (χ2n) is 4.60. The van der Waals surface area contributed by atoms with Crippen LogP contribution in [0.1, 0.15) is 24.4 Å². The van der Waals surface area contributed by atoms with Crippen LogP contribution in [-0.4, -0.2) is 14.8 Å². The molecule has 0 radical (unpaired) electrons. The lowest BCUT2D eigenvalue weighted by molar-refractivity contribution is 0.595. The van der Waals surface area contributed by atoms with Gasteiger partial charge in [0.25, 0.3) is 0 Å². The molecule has 102 valence electrons. The Morgan fingerprint density at radius 2 is 2.05 bits per heavy atom. The van der Waals surface area contributed by atoms with E-state index in [1.165, 1.54) is 0 Å². The fraction of sp³-hybridized carbons (Fsp3) is 0.200. The number of hydrogen-bond donors (Lipinski definition) is 1. The number of para-hydroxylation sites is 1. The summed E-state index contributed by atoms with van der Waals surface area (Å²) in [6, 6.07) is 11.8. The number of rotatable bonds is 3. The van der Waals surface area contributed by atoms with Crippen LogP contribution >= 0.6 is 15.9 Å². The number of pyridine rings is 1. The standard InChI is InChI=1S/C15H15BrN4/c1-2-20-15(11(16)9-18-20)14(17)13-8-7-10-5-3-4-6-12(10)19-13/h3-9,14H,2,17H2,1H3. The van der Waals surface area contributed by atoms with Crippen LogP contribution in [0.5, 0.6) is 0 Å². The van der Waals surface area contributed by atoms with Gasteiger partial charge in [-0.3, -0.25) is 9.67 Å². The third-order valence-corrected chi connectivity index (χ3v) is 3.98. The molecule has 1 aromatic carbocycles. The third-order valence-electron chi connectivity index (χ3n) is 3.37. The molecule has 1 unspecified atom stereocenters. The molecular weight excluding hydrogens is 316 g/mol. The average molecular weight is 331 g/mol. The first-order valence-corrected chi connectivity index (χ1v) is 7.32. The first-order valence-electron chi connectivity index (χ1n) is 6.53. The Hall–Kier alpha value is -1.72. The average Bonchev–Trinajstić information content (AvgIpc) is 2.87. The number of nitrogens with two attached hydrogens (primary N) is 1. The monoisotopic (exact) mass is 330 g/mol. The largest absolute Gasteiger partial charge is 0.318 e. The van der Waals surface area contributed by atoms with E-state index in [1.54, 1.807) is 6.20 Å². The fourth-order valence-electron chi connectivity index (χ4n) is 2.33. The molecular formula is C15H15BrN4. The molecule has 5 heteroatoms. The van der Waals surface area contributed by atoms with Gasteiger partial charge in [-0.25, -0.2) is 0 Å². The van der Waals surface area contributed by atoms with Gasteiger partial charge in [-0.15, -0.1) is 0 Å². The number of nitrogens with zero attached hydrogens (tertiary/aromatic N) is 3. The molecule has 0 aliphatic rings. The van der Waals surface area contributed by atoms with Crippen LogP contribution in [0.25, 0.3) is 10.9 Å². The molecule has 3 rings (SSSR count). The highest BCUT2D eigenvalue weighted by Crippen LogP contribution is 2.26. The summed E-state index contributed by atoms with van der Waals surface area (Å²) in [6.07, 6.45) is 1.78. The molecule has 0 aliphatic carbocycles. The van der Waals surface area contributed by atoms with Gasteiger partial charge < -0.3 is 5.73 Å². The summed E-state index contributed by atoms with van der Waals surface area (Å²) in [7, 11) is 0. The number of aryl methyl sites for hydroxylation is 1. The van der Waals surface area contributed by atoms with Gasteiger partial charge in [0.15, 0.2) is 0 Å². The molecule has 2 heterocycles. The highest BCUT2D eigenvalue weighted by molar-refractivity contribution is 9.10. The Morgan fingerprint density at radius 1 is 1.25 bits per heavy atom. The van der Waals surface area contributed by atoms with Crippen LogP contribution in [0.4, 0.5) is 0 Å². The number of benzene rings is 1. The summed E-state index contributed by atoms with van der Waals surface area (Å²) in [5.74, 6) is 0. The smallest absolute Gasteiger partial charge is 0.0908 e. The topological polar surface area (TPSA) is 56.7 Å². The lowest BCUT2D eigenvalue weighted by Crippen LogP contribution is -2.18. The Labute approximate surface area is 125 Å². The van der Waals surface area contributed by atoms with Gasteiger partial charge in [0.1, 0.15) is 0 Å². The molecule has 3 aromatic rings. The van der Waals surface area contributed by atoms with E-state index in [0.717, 1.165) is 33.3 Å². The zero-order valence-electron chi connectivity index (χ0n) is 11.1. The summed E-state index contributed by atoms with van der Waals surface area (Å²) in [6.45, 7) is 2.83. The van der Waals surface area contributed by atoms with Crippen molar-refractivity contribution < 1.29 is 0 Å². The van der Waals surface area contributed by atoms with Crippen LogP contribution in [0.2, 0.25) is 0 Å². The van der Waals surface area contributed by atoms with Gasteiger partial charge in [-0.1, -0.05) is 24.3 Å². The summed E-state index contributed by atoms with van der Waals surface area (Å²) >= 11 is 3.51. The Balaban J connectivity index is 2.07. The van der Waals surface area contributed by atoms with Crippen molar-refractivity contribution in [3.63, 3.8) is 0 Å². The van der Waals surface area contributed by atoms with Crippen molar-refractivity contribution in [1.82, 2.24) is 14.8 Å². The number of fused-ring (bicyclic) bond motifs is 1. The minimum absolute atomic E-state index is 0.295. The molecule has 0 amide bonds. The van der Waals surface area contributed by atoms with Crippen LogP contribution in [-0.2, 0) is 6.54 Å². The minimum atomic E-state index is -0.295. The van der Waals surface area contributed by atoms with Crippen LogP contribution in [0, 0.1) is 0 Å². The van der Waals surface area contributed by atoms with E-state index in [2.05, 4.69) is 32.1 Å². The van der Waals surface area contributed by atoms with Crippen molar-refractivity contribution in [2.75, 3.05) is 0 Å². The summed E-state index contributed by atoms with van der Waals surface area (Å²) in [5.41, 5.74) is 9.13. The van der Waals surface area contributed by atoms with Crippen LogP contribution < -0.4 is 5.73 Å². The SMILES string of the molecule is CCn1ncc(Br)c1C(N)c1ccc2ccccc2n1. The van der Waals surface area contributed by atoms with Crippen molar-refractivity contribution in [1.29, 1.82) is 0 Å². The quantitative estimate of drug-likeness (QED) is 0.801. The molecule has 1 atom stereocenters. The van der Waals surface area contributed by atoms with Gasteiger partial charge in [-0.2, -0.15) is 5.10 Å². The lowest BCUT2D eigenvalue weighted by atomic mass is 10.1. The zero-order chi connectivity index (χ0) is 14.1. The molecule has 0 saturated heterocycles. The van der Waals surface area contributed by atoms with Gasteiger partial charge in [0.05, 0.1) is 33.6 Å². The predicted octanol–water partition coefficient (Wildman–Crippen LogP) is 3.26. The Morgan fingerprint density at radius 3 is 2.85 bits per heavy atom. The number of halogens is 1. The summed E-state index contributed by atoms with van der Waals surface area (Å²) < 4.78 is 2.81. The first-order chi connectivity index (χ1) is 9.70. The fourth-order valence-corrected chi connectivity index (χ4v) is 2.87. The van der Waals surface area contributed by atoms with E-state index in [-0.39, 0.29) is 6.04 Å². The van der Waals surface area contributed by atoms with E-state index >= 15 is 0 Å². The van der Waals surface area contributed by atoms with E-state index in [9.17, 15) is 0 Å². The van der Waals surface area contributed by atoms with Crippen molar-refractivity contribution in [3.05, 3.63) is 58.5 Å². The Kier molecular flexibility index (Phi) is 3.54. The van der Waals surface area contributed by atoms with Gasteiger partial charge in [0.2, 0.25) is 0 Å². The van der Waals surface area contributed by atoms with Gasteiger partial charge in [-0.05, 0) is 35.0 Å². The maximum Gasteiger partial charge on any atom is 0.0908 e. The first kappa shape index (κ1) is 13.3. The Bertz CT molecular complexity index is 750. The minimum Gasteiger partial charge on any atom is -0.318 e. The molecule has 4 nitrogen and oxygen atoms in total. The lowest BCUT2D eigenvalue weighted by Gasteiger charge is -2.14. The van der Waals surface area contributed by atoms with Crippen molar-refractivity contribution in [2.45, 2.75) is 19.5 Å². The second-order valence-corrected chi connectivity index (χ2v) is 5.45. The van der Waals surface area contributed by atoms with Crippen LogP contribution in [0.15, 0.2) is 47.1 Å². The molecule has 2 aromatic heterocycles.